The Hall–Kier alpha value is -2.52. The largest absolute Gasteiger partial charge is 0.0654 e. The molecule has 202 valence electrons. The van der Waals surface area contributed by atoms with Gasteiger partial charge in [-0.05, 0) is 96.5 Å². The molecule has 0 unspecified atom stereocenters. The zero-order chi connectivity index (χ0) is 26.4. The van der Waals surface area contributed by atoms with E-state index in [0.29, 0.717) is 0 Å². The van der Waals surface area contributed by atoms with Crippen LogP contribution in [0, 0.1) is 17.8 Å². The summed E-state index contributed by atoms with van der Waals surface area (Å²) in [4.78, 5) is 0. The lowest BCUT2D eigenvalue weighted by atomic mass is 9.77. The smallest absolute Gasteiger partial charge is 0.0255 e. The van der Waals surface area contributed by atoms with Crippen molar-refractivity contribution in [1.29, 1.82) is 0 Å². The molecule has 0 radical (unpaired) electrons. The van der Waals surface area contributed by atoms with Crippen molar-refractivity contribution in [2.45, 2.75) is 122 Å². The molecule has 0 N–H and O–H groups in total. The van der Waals surface area contributed by atoms with Crippen LogP contribution in [0.5, 0.6) is 0 Å². The van der Waals surface area contributed by atoms with Gasteiger partial charge in [0.2, 0.25) is 0 Å². The van der Waals surface area contributed by atoms with Crippen LogP contribution in [-0.4, -0.2) is 0 Å². The predicted octanol–water partition coefficient (Wildman–Crippen LogP) is 11.4. The van der Waals surface area contributed by atoms with Crippen molar-refractivity contribution in [3.8, 4) is 11.8 Å². The van der Waals surface area contributed by atoms with E-state index in [1.54, 1.807) is 0 Å². The normalized spacial score (nSPS) is 17.3. The molecule has 1 aliphatic rings. The van der Waals surface area contributed by atoms with Crippen LogP contribution in [0.1, 0.15) is 138 Å². The minimum Gasteiger partial charge on any atom is -0.0654 e. The summed E-state index contributed by atoms with van der Waals surface area (Å²) in [5.74, 6) is 8.54. The molecule has 1 fully saturated rings. The standard InChI is InChI=1S/C38H50/c1-3-5-7-9-10-12-14-33-21-27-38-30-34(22-28-37(38)29-33)16-15-32-19-25-36(26-20-32)35-23-17-31(18-24-35)13-11-8-6-4-2/h19-22,25-31,35H,3-14,17-18,23-24H2,1-2H3/t31-,35-. The molecule has 0 heterocycles. The number of benzene rings is 3. The molecule has 1 aliphatic carbocycles. The van der Waals surface area contributed by atoms with Crippen molar-refractivity contribution < 1.29 is 0 Å². The quantitative estimate of drug-likeness (QED) is 0.160. The van der Waals surface area contributed by atoms with Gasteiger partial charge in [0, 0.05) is 11.1 Å². The van der Waals surface area contributed by atoms with Gasteiger partial charge in [-0.3, -0.25) is 0 Å². The number of unbranched alkanes of at least 4 members (excludes halogenated alkanes) is 8. The fraction of sp³-hybridized carbons (Fsp3) is 0.526. The van der Waals surface area contributed by atoms with Crippen molar-refractivity contribution in [3.05, 3.63) is 82.9 Å². The summed E-state index contributed by atoms with van der Waals surface area (Å²) in [5, 5.41) is 2.62. The minimum absolute atomic E-state index is 0.746. The summed E-state index contributed by atoms with van der Waals surface area (Å²) >= 11 is 0. The average Bonchev–Trinajstić information content (AvgIpc) is 2.96. The molecular formula is C38H50. The highest BCUT2D eigenvalue weighted by Gasteiger charge is 2.21. The zero-order valence-electron chi connectivity index (χ0n) is 24.2. The second kappa shape index (κ2) is 15.8. The van der Waals surface area contributed by atoms with Gasteiger partial charge < -0.3 is 0 Å². The van der Waals surface area contributed by atoms with E-state index in [0.717, 1.165) is 23.0 Å². The molecule has 0 spiro atoms. The Bertz CT molecular complexity index is 1150. The summed E-state index contributed by atoms with van der Waals surface area (Å²) in [7, 11) is 0. The van der Waals surface area contributed by atoms with E-state index in [1.165, 1.54) is 125 Å². The minimum atomic E-state index is 0.746. The van der Waals surface area contributed by atoms with Crippen molar-refractivity contribution in [3.63, 3.8) is 0 Å². The van der Waals surface area contributed by atoms with E-state index < -0.39 is 0 Å². The molecule has 0 amide bonds. The van der Waals surface area contributed by atoms with Gasteiger partial charge >= 0.3 is 0 Å². The molecule has 38 heavy (non-hydrogen) atoms. The zero-order valence-corrected chi connectivity index (χ0v) is 24.2. The molecule has 4 rings (SSSR count). The Morgan fingerprint density at radius 2 is 1.18 bits per heavy atom. The van der Waals surface area contributed by atoms with E-state index in [-0.39, 0.29) is 0 Å². The van der Waals surface area contributed by atoms with Gasteiger partial charge in [0.1, 0.15) is 0 Å². The molecule has 0 saturated heterocycles. The summed E-state index contributed by atoms with van der Waals surface area (Å²) in [6.45, 7) is 4.59. The SMILES string of the molecule is CCCCCCCCc1ccc2cc(C#Cc3ccc([C@H]4CC[C@H](CCCCCC)CC4)cc3)ccc2c1. The highest BCUT2D eigenvalue weighted by molar-refractivity contribution is 5.84. The maximum Gasteiger partial charge on any atom is 0.0255 e. The second-order valence-electron chi connectivity index (χ2n) is 11.9. The van der Waals surface area contributed by atoms with Gasteiger partial charge in [-0.25, -0.2) is 0 Å². The summed E-state index contributed by atoms with van der Waals surface area (Å²) in [6, 6.07) is 22.8. The first-order chi connectivity index (χ1) is 18.7. The van der Waals surface area contributed by atoms with Gasteiger partial charge in [0.25, 0.3) is 0 Å². The van der Waals surface area contributed by atoms with Crippen molar-refractivity contribution in [2.24, 2.45) is 5.92 Å². The third-order valence-corrected chi connectivity index (χ3v) is 8.77. The van der Waals surface area contributed by atoms with Crippen LogP contribution in [0.25, 0.3) is 10.8 Å². The Morgan fingerprint density at radius 3 is 1.95 bits per heavy atom. The number of hydrogen-bond acceptors (Lipinski definition) is 0. The van der Waals surface area contributed by atoms with Crippen LogP contribution < -0.4 is 0 Å². The monoisotopic (exact) mass is 506 g/mol. The van der Waals surface area contributed by atoms with Gasteiger partial charge in [0.15, 0.2) is 0 Å². The molecule has 0 aromatic heterocycles. The van der Waals surface area contributed by atoms with Crippen LogP contribution in [0.3, 0.4) is 0 Å². The van der Waals surface area contributed by atoms with E-state index in [4.69, 9.17) is 0 Å². The lowest BCUT2D eigenvalue weighted by molar-refractivity contribution is 0.302. The molecule has 0 bridgehead atoms. The third-order valence-electron chi connectivity index (χ3n) is 8.77. The van der Waals surface area contributed by atoms with Crippen LogP contribution >= 0.6 is 0 Å². The van der Waals surface area contributed by atoms with E-state index in [2.05, 4.69) is 86.4 Å². The van der Waals surface area contributed by atoms with E-state index in [9.17, 15) is 0 Å². The number of fused-ring (bicyclic) bond motifs is 1. The third kappa shape index (κ3) is 9.05. The van der Waals surface area contributed by atoms with Crippen LogP contribution in [0.2, 0.25) is 0 Å². The topological polar surface area (TPSA) is 0 Å². The Labute approximate surface area is 233 Å². The van der Waals surface area contributed by atoms with Crippen molar-refractivity contribution in [2.75, 3.05) is 0 Å². The molecule has 0 nitrogen and oxygen atoms in total. The fourth-order valence-electron chi connectivity index (χ4n) is 6.27. The molecule has 0 atom stereocenters. The first-order valence-corrected chi connectivity index (χ1v) is 15.9. The fourth-order valence-corrected chi connectivity index (χ4v) is 6.27. The first-order valence-electron chi connectivity index (χ1n) is 15.9. The highest BCUT2D eigenvalue weighted by Crippen LogP contribution is 2.37. The maximum absolute atomic E-state index is 3.41. The van der Waals surface area contributed by atoms with Gasteiger partial charge in [-0.1, -0.05) is 126 Å². The van der Waals surface area contributed by atoms with Gasteiger partial charge in [-0.15, -0.1) is 0 Å². The number of rotatable bonds is 13. The Balaban J connectivity index is 1.26. The number of hydrogen-bond donors (Lipinski definition) is 0. The Kier molecular flexibility index (Phi) is 11.8. The molecule has 0 aliphatic heterocycles. The molecule has 1 saturated carbocycles. The molecule has 3 aromatic rings. The summed E-state index contributed by atoms with van der Waals surface area (Å²) < 4.78 is 0. The molecular weight excluding hydrogens is 456 g/mol. The van der Waals surface area contributed by atoms with Gasteiger partial charge in [0.05, 0.1) is 0 Å². The molecule has 0 heteroatoms. The van der Waals surface area contributed by atoms with Gasteiger partial charge in [-0.2, -0.15) is 0 Å². The lowest BCUT2D eigenvalue weighted by Gasteiger charge is -2.29. The predicted molar refractivity (Wildman–Crippen MR) is 167 cm³/mol. The second-order valence-corrected chi connectivity index (χ2v) is 11.9. The summed E-state index contributed by atoms with van der Waals surface area (Å²) in [5.41, 5.74) is 5.20. The van der Waals surface area contributed by atoms with Crippen molar-refractivity contribution in [1.82, 2.24) is 0 Å². The Morgan fingerprint density at radius 1 is 0.579 bits per heavy atom. The number of aryl methyl sites for hydroxylation is 1. The van der Waals surface area contributed by atoms with Crippen molar-refractivity contribution >= 4 is 10.8 Å². The van der Waals surface area contributed by atoms with E-state index >= 15 is 0 Å². The lowest BCUT2D eigenvalue weighted by Crippen LogP contribution is -2.13. The summed E-state index contributed by atoms with van der Waals surface area (Å²) in [6.07, 6.45) is 22.0. The van der Waals surface area contributed by atoms with Crippen LogP contribution in [0.4, 0.5) is 0 Å². The maximum atomic E-state index is 3.41. The highest BCUT2D eigenvalue weighted by atomic mass is 14.3. The van der Waals surface area contributed by atoms with Crippen LogP contribution in [-0.2, 0) is 6.42 Å². The van der Waals surface area contributed by atoms with E-state index in [1.807, 2.05) is 0 Å². The first kappa shape index (κ1) is 28.5. The molecule has 3 aromatic carbocycles. The average molecular weight is 507 g/mol. The van der Waals surface area contributed by atoms with Crippen LogP contribution in [0.15, 0.2) is 60.7 Å².